The monoisotopic (exact) mass is 194 g/mol. The summed E-state index contributed by atoms with van der Waals surface area (Å²) in [5.41, 5.74) is 7.14. The number of fused-ring (bicyclic) bond motifs is 1. The van der Waals surface area contributed by atoms with Crippen molar-refractivity contribution < 1.29 is 4.79 Å². The Labute approximate surface area is 80.7 Å². The molecule has 0 saturated heterocycles. The largest absolute Gasteiger partial charge is 0.399 e. The number of nitrogen functional groups attached to an aromatic ring is 1. The van der Waals surface area contributed by atoms with Gasteiger partial charge in [0.25, 0.3) is 0 Å². The van der Waals surface area contributed by atoms with Crippen LogP contribution in [0.4, 0.5) is 11.4 Å². The molecule has 13 heavy (non-hydrogen) atoms. The smallest absolute Gasteiger partial charge is 0.225 e. The normalized spacial score (nSPS) is 15.8. The van der Waals surface area contributed by atoms with E-state index in [1.807, 2.05) is 12.1 Å². The summed E-state index contributed by atoms with van der Waals surface area (Å²) >= 11 is 1.68. The van der Waals surface area contributed by atoms with Crippen molar-refractivity contribution in [3.8, 4) is 0 Å². The molecule has 0 spiro atoms. The van der Waals surface area contributed by atoms with Gasteiger partial charge in [-0.15, -0.1) is 11.8 Å². The molecule has 0 radical (unpaired) electrons. The molecule has 1 aliphatic heterocycles. The SMILES string of the molecule is Nc1ccc2c(c1)NC(=O)CCS2. The lowest BCUT2D eigenvalue weighted by atomic mass is 10.3. The fraction of sp³-hybridized carbons (Fsp3) is 0.222. The zero-order chi connectivity index (χ0) is 9.26. The predicted molar refractivity (Wildman–Crippen MR) is 54.8 cm³/mol. The van der Waals surface area contributed by atoms with Crippen molar-refractivity contribution in [3.05, 3.63) is 18.2 Å². The van der Waals surface area contributed by atoms with Crippen molar-refractivity contribution >= 4 is 29.0 Å². The van der Waals surface area contributed by atoms with Crippen LogP contribution in [0.25, 0.3) is 0 Å². The van der Waals surface area contributed by atoms with Gasteiger partial charge in [-0.2, -0.15) is 0 Å². The quantitative estimate of drug-likeness (QED) is 0.618. The lowest BCUT2D eigenvalue weighted by Crippen LogP contribution is -2.10. The number of hydrogen-bond donors (Lipinski definition) is 2. The standard InChI is InChI=1S/C9H10N2OS/c10-6-1-2-8-7(5-6)11-9(12)3-4-13-8/h1-2,5H,3-4,10H2,(H,11,12). The Morgan fingerprint density at radius 2 is 2.31 bits per heavy atom. The van der Waals surface area contributed by atoms with Crippen LogP contribution < -0.4 is 11.1 Å². The highest BCUT2D eigenvalue weighted by atomic mass is 32.2. The Hall–Kier alpha value is -1.16. The summed E-state index contributed by atoms with van der Waals surface area (Å²) in [4.78, 5) is 12.3. The van der Waals surface area contributed by atoms with Crippen LogP contribution in [0, 0.1) is 0 Å². The highest BCUT2D eigenvalue weighted by Crippen LogP contribution is 2.31. The van der Waals surface area contributed by atoms with Gasteiger partial charge in [0, 0.05) is 22.8 Å². The van der Waals surface area contributed by atoms with Gasteiger partial charge in [0.2, 0.25) is 5.91 Å². The van der Waals surface area contributed by atoms with Gasteiger partial charge in [0.15, 0.2) is 0 Å². The number of rotatable bonds is 0. The maximum Gasteiger partial charge on any atom is 0.225 e. The van der Waals surface area contributed by atoms with E-state index in [-0.39, 0.29) is 5.91 Å². The molecule has 3 N–H and O–H groups in total. The minimum absolute atomic E-state index is 0.0665. The van der Waals surface area contributed by atoms with E-state index < -0.39 is 0 Å². The van der Waals surface area contributed by atoms with Gasteiger partial charge in [0.1, 0.15) is 0 Å². The van der Waals surface area contributed by atoms with E-state index in [0.29, 0.717) is 12.1 Å². The molecule has 0 bridgehead atoms. The number of amides is 1. The number of anilines is 2. The van der Waals surface area contributed by atoms with E-state index >= 15 is 0 Å². The summed E-state index contributed by atoms with van der Waals surface area (Å²) in [6.45, 7) is 0. The van der Waals surface area contributed by atoms with Gasteiger partial charge >= 0.3 is 0 Å². The van der Waals surface area contributed by atoms with Gasteiger partial charge < -0.3 is 11.1 Å². The molecule has 1 aromatic carbocycles. The summed E-state index contributed by atoms with van der Waals surface area (Å²) < 4.78 is 0. The fourth-order valence-corrected chi connectivity index (χ4v) is 2.17. The molecule has 1 heterocycles. The van der Waals surface area contributed by atoms with Crippen molar-refractivity contribution in [2.24, 2.45) is 0 Å². The second-order valence-corrected chi connectivity index (χ2v) is 4.04. The molecule has 4 heteroatoms. The molecule has 1 aliphatic rings. The first-order valence-corrected chi connectivity index (χ1v) is 5.06. The van der Waals surface area contributed by atoms with E-state index in [2.05, 4.69) is 5.32 Å². The summed E-state index contributed by atoms with van der Waals surface area (Å²) in [7, 11) is 0. The second-order valence-electron chi connectivity index (χ2n) is 2.90. The molecule has 0 aliphatic carbocycles. The highest BCUT2D eigenvalue weighted by Gasteiger charge is 2.12. The zero-order valence-corrected chi connectivity index (χ0v) is 7.86. The van der Waals surface area contributed by atoms with Gasteiger partial charge in [0.05, 0.1) is 5.69 Å². The minimum Gasteiger partial charge on any atom is -0.399 e. The highest BCUT2D eigenvalue weighted by molar-refractivity contribution is 7.99. The van der Waals surface area contributed by atoms with Crippen LogP contribution in [0.2, 0.25) is 0 Å². The van der Waals surface area contributed by atoms with Crippen LogP contribution >= 0.6 is 11.8 Å². The number of nitrogens with one attached hydrogen (secondary N) is 1. The van der Waals surface area contributed by atoms with E-state index in [4.69, 9.17) is 5.73 Å². The molecular formula is C9H10N2OS. The molecule has 0 saturated carbocycles. The lowest BCUT2D eigenvalue weighted by Gasteiger charge is -2.05. The third kappa shape index (κ3) is 1.78. The van der Waals surface area contributed by atoms with Crippen molar-refractivity contribution in [2.45, 2.75) is 11.3 Å². The molecule has 0 atom stereocenters. The Balaban J connectivity index is 2.40. The molecule has 1 amide bonds. The first-order valence-electron chi connectivity index (χ1n) is 4.08. The number of nitrogens with two attached hydrogens (primary N) is 1. The molecule has 2 rings (SSSR count). The molecule has 68 valence electrons. The van der Waals surface area contributed by atoms with Gasteiger partial charge in [-0.05, 0) is 18.2 Å². The molecule has 0 aromatic heterocycles. The van der Waals surface area contributed by atoms with Gasteiger partial charge in [-0.1, -0.05) is 0 Å². The Morgan fingerprint density at radius 3 is 3.15 bits per heavy atom. The Morgan fingerprint density at radius 1 is 1.46 bits per heavy atom. The molecule has 0 fully saturated rings. The molecule has 0 unspecified atom stereocenters. The van der Waals surface area contributed by atoms with Crippen molar-refractivity contribution in [1.82, 2.24) is 0 Å². The summed E-state index contributed by atoms with van der Waals surface area (Å²) in [5.74, 6) is 0.903. The third-order valence-electron chi connectivity index (χ3n) is 1.86. The second kappa shape index (κ2) is 3.30. The van der Waals surface area contributed by atoms with Crippen LogP contribution in [0.3, 0.4) is 0 Å². The van der Waals surface area contributed by atoms with E-state index in [9.17, 15) is 4.79 Å². The summed E-state index contributed by atoms with van der Waals surface area (Å²) in [6.07, 6.45) is 0.569. The van der Waals surface area contributed by atoms with Gasteiger partial charge in [-0.25, -0.2) is 0 Å². The fourth-order valence-electron chi connectivity index (χ4n) is 1.24. The maximum atomic E-state index is 11.2. The zero-order valence-electron chi connectivity index (χ0n) is 7.04. The minimum atomic E-state index is 0.0665. The number of thioether (sulfide) groups is 1. The lowest BCUT2D eigenvalue weighted by molar-refractivity contribution is -0.115. The third-order valence-corrected chi connectivity index (χ3v) is 2.94. The van der Waals surface area contributed by atoms with Crippen LogP contribution in [0.15, 0.2) is 23.1 Å². The van der Waals surface area contributed by atoms with Crippen LogP contribution in [0.5, 0.6) is 0 Å². The van der Waals surface area contributed by atoms with Crippen molar-refractivity contribution in [3.63, 3.8) is 0 Å². The average Bonchev–Trinajstić information content (AvgIpc) is 2.25. The Bertz CT molecular complexity index is 351. The molecular weight excluding hydrogens is 184 g/mol. The first-order chi connectivity index (χ1) is 6.25. The average molecular weight is 194 g/mol. The summed E-state index contributed by atoms with van der Waals surface area (Å²) in [5, 5.41) is 2.82. The number of benzene rings is 1. The van der Waals surface area contributed by atoms with Crippen LogP contribution in [-0.2, 0) is 4.79 Å². The Kier molecular flexibility index (Phi) is 2.14. The first kappa shape index (κ1) is 8.44. The van der Waals surface area contributed by atoms with E-state index in [1.54, 1.807) is 17.8 Å². The predicted octanol–water partition coefficient (Wildman–Crippen LogP) is 1.70. The topological polar surface area (TPSA) is 55.1 Å². The maximum absolute atomic E-state index is 11.2. The molecule has 3 nitrogen and oxygen atoms in total. The number of hydrogen-bond acceptors (Lipinski definition) is 3. The van der Waals surface area contributed by atoms with Crippen LogP contribution in [0.1, 0.15) is 6.42 Å². The summed E-state index contributed by atoms with van der Waals surface area (Å²) in [6, 6.07) is 5.59. The number of carbonyl (C=O) groups is 1. The van der Waals surface area contributed by atoms with Crippen molar-refractivity contribution in [2.75, 3.05) is 16.8 Å². The molecule has 1 aromatic rings. The van der Waals surface area contributed by atoms with Crippen LogP contribution in [-0.4, -0.2) is 11.7 Å². The van der Waals surface area contributed by atoms with E-state index in [1.165, 1.54) is 0 Å². The number of carbonyl (C=O) groups excluding carboxylic acids is 1. The van der Waals surface area contributed by atoms with E-state index in [0.717, 1.165) is 16.3 Å². The van der Waals surface area contributed by atoms with Gasteiger partial charge in [-0.3, -0.25) is 4.79 Å². The van der Waals surface area contributed by atoms with Crippen molar-refractivity contribution in [1.29, 1.82) is 0 Å².